The molecule has 98 valence electrons. The predicted molar refractivity (Wildman–Crippen MR) is 72.7 cm³/mol. The minimum Gasteiger partial charge on any atom is -0.480 e. The maximum atomic E-state index is 12.0. The average Bonchev–Trinajstić information content (AvgIpc) is 2.31. The van der Waals surface area contributed by atoms with Crippen LogP contribution in [0.25, 0.3) is 0 Å². The zero-order chi connectivity index (χ0) is 13.7. The third-order valence-corrected chi connectivity index (χ3v) is 3.24. The summed E-state index contributed by atoms with van der Waals surface area (Å²) in [7, 11) is 0. The molecule has 0 saturated carbocycles. The lowest BCUT2D eigenvalue weighted by Gasteiger charge is -2.14. The lowest BCUT2D eigenvalue weighted by atomic mass is 10.1. The van der Waals surface area contributed by atoms with Gasteiger partial charge in [-0.2, -0.15) is 0 Å². The van der Waals surface area contributed by atoms with E-state index >= 15 is 0 Å². The molecule has 0 aliphatic rings. The van der Waals surface area contributed by atoms with Gasteiger partial charge >= 0.3 is 5.97 Å². The van der Waals surface area contributed by atoms with Crippen LogP contribution in [0.15, 0.2) is 22.7 Å². The van der Waals surface area contributed by atoms with Gasteiger partial charge in [0.15, 0.2) is 0 Å². The lowest BCUT2D eigenvalue weighted by Crippen LogP contribution is -2.40. The Hall–Kier alpha value is -1.36. The first-order chi connectivity index (χ1) is 8.45. The molecule has 0 fully saturated rings. The number of halogens is 1. The maximum absolute atomic E-state index is 12.0. The second kappa shape index (κ2) is 6.54. The van der Waals surface area contributed by atoms with Crippen LogP contribution in [-0.4, -0.2) is 23.0 Å². The first-order valence-electron chi connectivity index (χ1n) is 5.75. The molecule has 1 unspecified atom stereocenters. The van der Waals surface area contributed by atoms with Gasteiger partial charge in [0.05, 0.1) is 5.56 Å². The number of aryl methyl sites for hydroxylation is 1. The van der Waals surface area contributed by atoms with Crippen LogP contribution >= 0.6 is 15.9 Å². The van der Waals surface area contributed by atoms with Crippen LogP contribution in [0.1, 0.15) is 35.7 Å². The van der Waals surface area contributed by atoms with Crippen LogP contribution in [-0.2, 0) is 4.79 Å². The molecule has 0 heterocycles. The third-order valence-electron chi connectivity index (χ3n) is 2.55. The zero-order valence-corrected chi connectivity index (χ0v) is 12.0. The third kappa shape index (κ3) is 3.84. The van der Waals surface area contributed by atoms with Gasteiger partial charge in [-0.05, 0) is 41.4 Å². The highest BCUT2D eigenvalue weighted by Gasteiger charge is 2.20. The summed E-state index contributed by atoms with van der Waals surface area (Å²) in [4.78, 5) is 23.0. The number of carboxylic acid groups (broad SMARTS) is 1. The number of carboxylic acids is 1. The largest absolute Gasteiger partial charge is 0.480 e. The molecule has 0 saturated heterocycles. The van der Waals surface area contributed by atoms with Crippen molar-refractivity contribution in [2.45, 2.75) is 32.7 Å². The smallest absolute Gasteiger partial charge is 0.326 e. The molecule has 5 heteroatoms. The number of carbonyl (C=O) groups excluding carboxylic acids is 1. The molecule has 1 aromatic rings. The van der Waals surface area contributed by atoms with Crippen molar-refractivity contribution in [2.24, 2.45) is 0 Å². The molecule has 1 aromatic carbocycles. The van der Waals surface area contributed by atoms with E-state index in [1.165, 1.54) is 0 Å². The number of rotatable bonds is 5. The molecule has 0 bridgehead atoms. The summed E-state index contributed by atoms with van der Waals surface area (Å²) < 4.78 is 0.659. The van der Waals surface area contributed by atoms with Gasteiger partial charge in [-0.1, -0.05) is 25.0 Å². The normalized spacial score (nSPS) is 11.9. The molecule has 1 atom stereocenters. The van der Waals surface area contributed by atoms with E-state index in [0.717, 1.165) is 5.56 Å². The van der Waals surface area contributed by atoms with Gasteiger partial charge in [-0.3, -0.25) is 4.79 Å². The highest BCUT2D eigenvalue weighted by Crippen LogP contribution is 2.18. The number of carbonyl (C=O) groups is 2. The van der Waals surface area contributed by atoms with Gasteiger partial charge in [-0.15, -0.1) is 0 Å². The summed E-state index contributed by atoms with van der Waals surface area (Å²) in [5, 5.41) is 11.5. The molecular formula is C13H16BrNO3. The summed E-state index contributed by atoms with van der Waals surface area (Å²) >= 11 is 3.29. The number of amides is 1. The minimum absolute atomic E-state index is 0.369. The van der Waals surface area contributed by atoms with Crippen LogP contribution in [0.5, 0.6) is 0 Å². The first kappa shape index (κ1) is 14.7. The van der Waals surface area contributed by atoms with Crippen molar-refractivity contribution in [1.82, 2.24) is 5.32 Å². The van der Waals surface area contributed by atoms with Crippen molar-refractivity contribution in [2.75, 3.05) is 0 Å². The van der Waals surface area contributed by atoms with Gasteiger partial charge in [0, 0.05) is 4.47 Å². The van der Waals surface area contributed by atoms with E-state index in [-0.39, 0.29) is 5.91 Å². The summed E-state index contributed by atoms with van der Waals surface area (Å²) in [6.07, 6.45) is 1.12. The predicted octanol–water partition coefficient (Wildman–Crippen LogP) is 2.74. The standard InChI is InChI=1S/C13H16BrNO3/c1-3-4-11(13(17)18)15-12(16)9-7-8(2)5-6-10(9)14/h5-7,11H,3-4H2,1-2H3,(H,15,16)(H,17,18). The molecule has 2 N–H and O–H groups in total. The van der Waals surface area contributed by atoms with Crippen molar-refractivity contribution < 1.29 is 14.7 Å². The van der Waals surface area contributed by atoms with E-state index < -0.39 is 12.0 Å². The van der Waals surface area contributed by atoms with Crippen LogP contribution in [0.2, 0.25) is 0 Å². The molecule has 4 nitrogen and oxygen atoms in total. The Morgan fingerprint density at radius 3 is 2.67 bits per heavy atom. The Morgan fingerprint density at radius 1 is 1.44 bits per heavy atom. The Labute approximate surface area is 115 Å². The molecule has 0 aliphatic carbocycles. The summed E-state index contributed by atoms with van der Waals surface area (Å²) in [5.74, 6) is -1.37. The lowest BCUT2D eigenvalue weighted by molar-refractivity contribution is -0.139. The Morgan fingerprint density at radius 2 is 2.11 bits per heavy atom. The maximum Gasteiger partial charge on any atom is 0.326 e. The molecular weight excluding hydrogens is 298 g/mol. The van der Waals surface area contributed by atoms with Crippen LogP contribution in [0.3, 0.4) is 0 Å². The Bertz CT molecular complexity index is 460. The van der Waals surface area contributed by atoms with E-state index in [1.54, 1.807) is 12.1 Å². The van der Waals surface area contributed by atoms with E-state index in [9.17, 15) is 9.59 Å². The number of hydrogen-bond donors (Lipinski definition) is 2. The highest BCUT2D eigenvalue weighted by atomic mass is 79.9. The van der Waals surface area contributed by atoms with Crippen LogP contribution < -0.4 is 5.32 Å². The molecule has 0 aliphatic heterocycles. The van der Waals surface area contributed by atoms with E-state index in [2.05, 4.69) is 21.2 Å². The molecule has 1 rings (SSSR count). The van der Waals surface area contributed by atoms with Crippen molar-refractivity contribution in [3.05, 3.63) is 33.8 Å². The first-order valence-corrected chi connectivity index (χ1v) is 6.54. The van der Waals surface area contributed by atoms with Gasteiger partial charge in [-0.25, -0.2) is 4.79 Å². The quantitative estimate of drug-likeness (QED) is 0.878. The van der Waals surface area contributed by atoms with E-state index in [0.29, 0.717) is 22.9 Å². The number of benzene rings is 1. The van der Waals surface area contributed by atoms with Gasteiger partial charge in [0.2, 0.25) is 0 Å². The van der Waals surface area contributed by atoms with Crippen molar-refractivity contribution in [3.63, 3.8) is 0 Å². The topological polar surface area (TPSA) is 66.4 Å². The van der Waals surface area contributed by atoms with Gasteiger partial charge in [0.25, 0.3) is 5.91 Å². The van der Waals surface area contributed by atoms with Crippen molar-refractivity contribution >= 4 is 27.8 Å². The summed E-state index contributed by atoms with van der Waals surface area (Å²) in [6, 6.07) is 4.54. The van der Waals surface area contributed by atoms with E-state index in [4.69, 9.17) is 5.11 Å². The number of hydrogen-bond acceptors (Lipinski definition) is 2. The fraction of sp³-hybridized carbons (Fsp3) is 0.385. The molecule has 0 radical (unpaired) electrons. The monoisotopic (exact) mass is 313 g/mol. The molecule has 1 amide bonds. The molecule has 18 heavy (non-hydrogen) atoms. The highest BCUT2D eigenvalue weighted by molar-refractivity contribution is 9.10. The summed E-state index contributed by atoms with van der Waals surface area (Å²) in [5.41, 5.74) is 1.41. The van der Waals surface area contributed by atoms with Gasteiger partial charge in [0.1, 0.15) is 6.04 Å². The van der Waals surface area contributed by atoms with E-state index in [1.807, 2.05) is 19.9 Å². The second-order valence-corrected chi connectivity index (χ2v) is 4.99. The van der Waals surface area contributed by atoms with Crippen LogP contribution in [0.4, 0.5) is 0 Å². The Balaban J connectivity index is 2.86. The molecule has 0 aromatic heterocycles. The van der Waals surface area contributed by atoms with Crippen molar-refractivity contribution in [1.29, 1.82) is 0 Å². The zero-order valence-electron chi connectivity index (χ0n) is 10.4. The number of aliphatic carboxylic acids is 1. The average molecular weight is 314 g/mol. The second-order valence-electron chi connectivity index (χ2n) is 4.14. The Kier molecular flexibility index (Phi) is 5.34. The SMILES string of the molecule is CCCC(NC(=O)c1cc(C)ccc1Br)C(=O)O. The van der Waals surface area contributed by atoms with Crippen molar-refractivity contribution in [3.8, 4) is 0 Å². The fourth-order valence-corrected chi connectivity index (χ4v) is 2.02. The molecule has 0 spiro atoms. The van der Waals surface area contributed by atoms with Crippen LogP contribution in [0, 0.1) is 6.92 Å². The van der Waals surface area contributed by atoms with Gasteiger partial charge < -0.3 is 10.4 Å². The minimum atomic E-state index is -1.01. The number of nitrogens with one attached hydrogen (secondary N) is 1. The summed E-state index contributed by atoms with van der Waals surface area (Å²) in [6.45, 7) is 3.76. The fourth-order valence-electron chi connectivity index (χ4n) is 1.60.